The van der Waals surface area contributed by atoms with E-state index in [1.807, 2.05) is 0 Å². The molecular formula is C14H17ClN2O. The molecule has 0 radical (unpaired) electrons. The lowest BCUT2D eigenvalue weighted by Crippen LogP contribution is -1.91. The van der Waals surface area contributed by atoms with Gasteiger partial charge in [0.1, 0.15) is 0 Å². The number of hydrogen-bond acceptors (Lipinski definition) is 3. The molecule has 0 atom stereocenters. The number of aryl methyl sites for hydroxylation is 4. The van der Waals surface area contributed by atoms with Crippen LogP contribution in [-0.4, -0.2) is 16.1 Å². The highest BCUT2D eigenvalue weighted by molar-refractivity contribution is 6.17. The maximum absolute atomic E-state index is 5.62. The monoisotopic (exact) mass is 264 g/mol. The van der Waals surface area contributed by atoms with Crippen LogP contribution < -0.4 is 0 Å². The molecular weight excluding hydrogens is 248 g/mol. The summed E-state index contributed by atoms with van der Waals surface area (Å²) in [5, 5.41) is 8.05. The third kappa shape index (κ3) is 3.84. The number of benzene rings is 1. The summed E-state index contributed by atoms with van der Waals surface area (Å²) in [5.41, 5.74) is 2.57. The number of alkyl halides is 1. The molecule has 1 aromatic heterocycles. The summed E-state index contributed by atoms with van der Waals surface area (Å²) in [6.07, 6.45) is 3.36. The van der Waals surface area contributed by atoms with E-state index < -0.39 is 0 Å². The average Bonchev–Trinajstić information content (AvgIpc) is 2.84. The van der Waals surface area contributed by atoms with Gasteiger partial charge in [-0.05, 0) is 25.3 Å². The van der Waals surface area contributed by atoms with Crippen molar-refractivity contribution in [2.45, 2.75) is 32.6 Å². The van der Waals surface area contributed by atoms with Gasteiger partial charge in [-0.2, -0.15) is 0 Å². The fourth-order valence-electron chi connectivity index (χ4n) is 1.71. The van der Waals surface area contributed by atoms with E-state index in [1.54, 1.807) is 0 Å². The predicted molar refractivity (Wildman–Crippen MR) is 71.9 cm³/mol. The van der Waals surface area contributed by atoms with Crippen molar-refractivity contribution in [3.63, 3.8) is 0 Å². The van der Waals surface area contributed by atoms with Crippen LogP contribution in [0.1, 0.15) is 29.3 Å². The summed E-state index contributed by atoms with van der Waals surface area (Å²) in [6.45, 7) is 2.09. The molecule has 0 amide bonds. The molecule has 1 aromatic carbocycles. The van der Waals surface area contributed by atoms with Crippen LogP contribution in [0.25, 0.3) is 0 Å². The molecule has 0 bridgehead atoms. The fourth-order valence-corrected chi connectivity index (χ4v) is 1.85. The zero-order valence-electron chi connectivity index (χ0n) is 10.5. The van der Waals surface area contributed by atoms with Crippen molar-refractivity contribution in [3.8, 4) is 0 Å². The van der Waals surface area contributed by atoms with Crippen LogP contribution in [0.15, 0.2) is 28.7 Å². The first-order chi connectivity index (χ1) is 8.78. The van der Waals surface area contributed by atoms with Crippen molar-refractivity contribution in [2.75, 3.05) is 5.88 Å². The number of halogens is 1. The lowest BCUT2D eigenvalue weighted by molar-refractivity contribution is 0.447. The van der Waals surface area contributed by atoms with Gasteiger partial charge in [0, 0.05) is 18.7 Å². The van der Waals surface area contributed by atoms with Gasteiger partial charge in [0.05, 0.1) is 0 Å². The Bertz CT molecular complexity index is 479. The summed E-state index contributed by atoms with van der Waals surface area (Å²) < 4.78 is 5.55. The molecule has 0 aliphatic rings. The van der Waals surface area contributed by atoms with E-state index in [0.29, 0.717) is 17.7 Å². The van der Waals surface area contributed by atoms with E-state index in [4.69, 9.17) is 16.0 Å². The highest BCUT2D eigenvalue weighted by Gasteiger charge is 2.05. The van der Waals surface area contributed by atoms with Gasteiger partial charge in [-0.15, -0.1) is 21.8 Å². The van der Waals surface area contributed by atoms with Crippen LogP contribution in [0.5, 0.6) is 0 Å². The van der Waals surface area contributed by atoms with Crippen molar-refractivity contribution in [2.24, 2.45) is 0 Å². The Morgan fingerprint density at radius 2 is 1.67 bits per heavy atom. The molecule has 18 heavy (non-hydrogen) atoms. The van der Waals surface area contributed by atoms with E-state index in [2.05, 4.69) is 41.4 Å². The zero-order chi connectivity index (χ0) is 12.8. The predicted octanol–water partition coefficient (Wildman–Crippen LogP) is 3.33. The number of hydrogen-bond donors (Lipinski definition) is 0. The molecule has 4 heteroatoms. The van der Waals surface area contributed by atoms with Crippen molar-refractivity contribution < 1.29 is 4.42 Å². The molecule has 0 saturated heterocycles. The molecule has 2 rings (SSSR count). The van der Waals surface area contributed by atoms with E-state index in [9.17, 15) is 0 Å². The van der Waals surface area contributed by atoms with E-state index in [1.165, 1.54) is 11.1 Å². The second-order valence-corrected chi connectivity index (χ2v) is 4.75. The Kier molecular flexibility index (Phi) is 4.76. The maximum atomic E-state index is 5.62. The molecule has 0 fully saturated rings. The van der Waals surface area contributed by atoms with Gasteiger partial charge in [0.2, 0.25) is 11.8 Å². The summed E-state index contributed by atoms with van der Waals surface area (Å²) in [7, 11) is 0. The molecule has 1 heterocycles. The van der Waals surface area contributed by atoms with Crippen LogP contribution in [0.4, 0.5) is 0 Å². The number of rotatable bonds is 6. The number of nitrogens with zero attached hydrogens (tertiary/aromatic N) is 2. The summed E-state index contributed by atoms with van der Waals surface area (Å²) >= 11 is 5.62. The second kappa shape index (κ2) is 6.55. The van der Waals surface area contributed by atoms with Crippen molar-refractivity contribution in [3.05, 3.63) is 47.2 Å². The molecule has 96 valence electrons. The molecule has 0 spiro atoms. The van der Waals surface area contributed by atoms with Crippen LogP contribution in [0, 0.1) is 6.92 Å². The Morgan fingerprint density at radius 3 is 2.33 bits per heavy atom. The average molecular weight is 265 g/mol. The minimum absolute atomic E-state index is 0.626. The normalized spacial score (nSPS) is 10.8. The van der Waals surface area contributed by atoms with Gasteiger partial charge in [0.15, 0.2) is 0 Å². The first-order valence-corrected chi connectivity index (χ1v) is 6.74. The first kappa shape index (κ1) is 13.1. The molecule has 0 unspecified atom stereocenters. The third-order valence-electron chi connectivity index (χ3n) is 2.78. The van der Waals surface area contributed by atoms with Gasteiger partial charge in [-0.3, -0.25) is 0 Å². The van der Waals surface area contributed by atoms with E-state index in [0.717, 1.165) is 25.7 Å². The maximum Gasteiger partial charge on any atom is 0.216 e. The molecule has 3 nitrogen and oxygen atoms in total. The quantitative estimate of drug-likeness (QED) is 0.751. The zero-order valence-corrected chi connectivity index (χ0v) is 11.3. The smallest absolute Gasteiger partial charge is 0.216 e. The summed E-state index contributed by atoms with van der Waals surface area (Å²) in [5.74, 6) is 2.02. The Morgan fingerprint density at radius 1 is 1.00 bits per heavy atom. The topological polar surface area (TPSA) is 38.9 Å². The van der Waals surface area contributed by atoms with Gasteiger partial charge < -0.3 is 4.42 Å². The van der Waals surface area contributed by atoms with Crippen LogP contribution in [0.3, 0.4) is 0 Å². The largest absolute Gasteiger partial charge is 0.425 e. The standard InChI is InChI=1S/C14H17ClN2O/c1-11-4-6-12(7-5-11)8-9-14-17-16-13(18-14)3-2-10-15/h4-7H,2-3,8-10H2,1H3. The summed E-state index contributed by atoms with van der Waals surface area (Å²) in [6, 6.07) is 8.52. The van der Waals surface area contributed by atoms with Crippen molar-refractivity contribution in [1.82, 2.24) is 10.2 Å². The van der Waals surface area contributed by atoms with Crippen molar-refractivity contribution >= 4 is 11.6 Å². The molecule has 0 saturated carbocycles. The molecule has 0 aliphatic carbocycles. The molecule has 0 N–H and O–H groups in total. The van der Waals surface area contributed by atoms with Gasteiger partial charge in [0.25, 0.3) is 0 Å². The van der Waals surface area contributed by atoms with Crippen LogP contribution >= 0.6 is 11.6 Å². The lowest BCUT2D eigenvalue weighted by atomic mass is 10.1. The Balaban J connectivity index is 1.86. The van der Waals surface area contributed by atoms with Gasteiger partial charge in [-0.1, -0.05) is 29.8 Å². The summed E-state index contributed by atoms with van der Waals surface area (Å²) in [4.78, 5) is 0. The van der Waals surface area contributed by atoms with Crippen molar-refractivity contribution in [1.29, 1.82) is 0 Å². The second-order valence-electron chi connectivity index (χ2n) is 4.37. The molecule has 2 aromatic rings. The van der Waals surface area contributed by atoms with E-state index in [-0.39, 0.29) is 0 Å². The van der Waals surface area contributed by atoms with Crippen LogP contribution in [-0.2, 0) is 19.3 Å². The van der Waals surface area contributed by atoms with E-state index >= 15 is 0 Å². The lowest BCUT2D eigenvalue weighted by Gasteiger charge is -1.99. The minimum Gasteiger partial charge on any atom is -0.425 e. The van der Waals surface area contributed by atoms with Gasteiger partial charge >= 0.3 is 0 Å². The highest BCUT2D eigenvalue weighted by Crippen LogP contribution is 2.09. The van der Waals surface area contributed by atoms with Gasteiger partial charge in [-0.25, -0.2) is 0 Å². The first-order valence-electron chi connectivity index (χ1n) is 6.20. The fraction of sp³-hybridized carbons (Fsp3) is 0.429. The number of aromatic nitrogens is 2. The SMILES string of the molecule is Cc1ccc(CCc2nnc(CCCCl)o2)cc1. The third-order valence-corrected chi connectivity index (χ3v) is 3.05. The Hall–Kier alpha value is -1.35. The minimum atomic E-state index is 0.626. The highest BCUT2D eigenvalue weighted by atomic mass is 35.5. The van der Waals surface area contributed by atoms with Crippen LogP contribution in [0.2, 0.25) is 0 Å². The molecule has 0 aliphatic heterocycles. The Labute approximate surface area is 112 Å².